The van der Waals surface area contributed by atoms with Crippen LogP contribution >= 0.6 is 11.6 Å². The monoisotopic (exact) mass is 520 g/mol. The summed E-state index contributed by atoms with van der Waals surface area (Å²) in [6, 6.07) is 22.3. The lowest BCUT2D eigenvalue weighted by atomic mass is 9.98. The average molecular weight is 521 g/mol. The number of hydrogen-bond donors (Lipinski definition) is 3. The van der Waals surface area contributed by atoms with E-state index in [1.165, 1.54) is 27.5 Å². The molecule has 198 valence electrons. The fourth-order valence-corrected chi connectivity index (χ4v) is 5.75. The van der Waals surface area contributed by atoms with Crippen molar-refractivity contribution in [1.29, 1.82) is 0 Å². The molecule has 0 aliphatic carbocycles. The fraction of sp³-hybridized carbons (Fsp3) is 0.433. The molecule has 0 radical (unpaired) electrons. The molecule has 0 amide bonds. The summed E-state index contributed by atoms with van der Waals surface area (Å²) in [5, 5.41) is 3.36. The van der Waals surface area contributed by atoms with Crippen molar-refractivity contribution in [3.05, 3.63) is 82.4 Å². The number of benzene rings is 3. The third-order valence-corrected chi connectivity index (χ3v) is 7.83. The van der Waals surface area contributed by atoms with Crippen LogP contribution in [0.25, 0.3) is 10.8 Å². The van der Waals surface area contributed by atoms with Crippen molar-refractivity contribution in [3.8, 4) is 0 Å². The first-order valence-electron chi connectivity index (χ1n) is 13.3. The number of rotatable bonds is 10. The van der Waals surface area contributed by atoms with Crippen LogP contribution in [0.3, 0.4) is 0 Å². The van der Waals surface area contributed by atoms with E-state index in [9.17, 15) is 0 Å². The van der Waals surface area contributed by atoms with Crippen LogP contribution in [0.15, 0.2) is 65.7 Å². The number of nitrogens with zero attached hydrogens (tertiary/aromatic N) is 3. The quantitative estimate of drug-likeness (QED) is 0.278. The summed E-state index contributed by atoms with van der Waals surface area (Å²) in [6.45, 7) is 8.90. The van der Waals surface area contributed by atoms with Gasteiger partial charge in [-0.2, -0.15) is 0 Å². The van der Waals surface area contributed by atoms with E-state index in [1.54, 1.807) is 0 Å². The lowest BCUT2D eigenvalue weighted by molar-refractivity contribution is 0.0298. The normalized spacial score (nSPS) is 19.7. The van der Waals surface area contributed by atoms with Crippen molar-refractivity contribution in [2.24, 2.45) is 22.2 Å². The minimum absolute atomic E-state index is 0.0433. The van der Waals surface area contributed by atoms with E-state index in [2.05, 4.69) is 77.2 Å². The van der Waals surface area contributed by atoms with Gasteiger partial charge in [-0.05, 0) is 72.7 Å². The molecule has 3 atom stereocenters. The van der Waals surface area contributed by atoms with Crippen LogP contribution in [-0.2, 0) is 12.8 Å². The number of aryl methyl sites for hydroxylation is 1. The van der Waals surface area contributed by atoms with E-state index < -0.39 is 0 Å². The highest BCUT2D eigenvalue weighted by atomic mass is 35.5. The summed E-state index contributed by atoms with van der Waals surface area (Å²) in [4.78, 5) is 9.43. The predicted molar refractivity (Wildman–Crippen MR) is 157 cm³/mol. The SMILES string of the molecule is Cc1cc(Cl)ccc1C[C@@H](N)CN1C[C@@H](C)N(CCc2ccc3ccccc3c2)C[C@@H]1CCN=C(N)N. The number of aliphatic imine (C=N–C) groups is 1. The Balaban J connectivity index is 1.40. The summed E-state index contributed by atoms with van der Waals surface area (Å²) in [5.41, 5.74) is 21.7. The summed E-state index contributed by atoms with van der Waals surface area (Å²) < 4.78 is 0. The molecule has 1 fully saturated rings. The highest BCUT2D eigenvalue weighted by Crippen LogP contribution is 2.22. The lowest BCUT2D eigenvalue weighted by Gasteiger charge is -2.46. The Morgan fingerprint density at radius 2 is 1.81 bits per heavy atom. The van der Waals surface area contributed by atoms with Crippen molar-refractivity contribution >= 4 is 28.3 Å². The second kappa shape index (κ2) is 12.7. The maximum Gasteiger partial charge on any atom is 0.185 e. The first-order valence-corrected chi connectivity index (χ1v) is 13.7. The van der Waals surface area contributed by atoms with Crippen LogP contribution in [0.4, 0.5) is 0 Å². The van der Waals surface area contributed by atoms with Gasteiger partial charge in [0.05, 0.1) is 0 Å². The highest BCUT2D eigenvalue weighted by Gasteiger charge is 2.32. The zero-order valence-corrected chi connectivity index (χ0v) is 22.9. The Labute approximate surface area is 226 Å². The van der Waals surface area contributed by atoms with E-state index in [1.807, 2.05) is 12.1 Å². The van der Waals surface area contributed by atoms with E-state index in [4.69, 9.17) is 28.8 Å². The van der Waals surface area contributed by atoms with Gasteiger partial charge in [0.15, 0.2) is 5.96 Å². The molecule has 1 aliphatic rings. The first-order chi connectivity index (χ1) is 17.8. The summed E-state index contributed by atoms with van der Waals surface area (Å²) >= 11 is 6.15. The number of guanidine groups is 1. The van der Waals surface area contributed by atoms with E-state index >= 15 is 0 Å². The van der Waals surface area contributed by atoms with Crippen LogP contribution in [0, 0.1) is 6.92 Å². The molecule has 1 aliphatic heterocycles. The number of fused-ring (bicyclic) bond motifs is 1. The van der Waals surface area contributed by atoms with Gasteiger partial charge in [-0.1, -0.05) is 60.1 Å². The Hall–Kier alpha value is -2.64. The summed E-state index contributed by atoms with van der Waals surface area (Å²) in [7, 11) is 0. The lowest BCUT2D eigenvalue weighted by Crippen LogP contribution is -2.60. The molecule has 6 nitrogen and oxygen atoms in total. The van der Waals surface area contributed by atoms with Crippen LogP contribution < -0.4 is 17.2 Å². The maximum absolute atomic E-state index is 6.69. The van der Waals surface area contributed by atoms with Gasteiger partial charge in [-0.15, -0.1) is 0 Å². The highest BCUT2D eigenvalue weighted by molar-refractivity contribution is 6.30. The van der Waals surface area contributed by atoms with Crippen molar-refractivity contribution in [3.63, 3.8) is 0 Å². The molecular weight excluding hydrogens is 480 g/mol. The molecule has 4 rings (SSSR count). The number of hydrogen-bond acceptors (Lipinski definition) is 4. The van der Waals surface area contributed by atoms with Crippen molar-refractivity contribution in [2.45, 2.75) is 51.2 Å². The van der Waals surface area contributed by atoms with Gasteiger partial charge in [0.1, 0.15) is 0 Å². The Kier molecular flexibility index (Phi) is 9.43. The topological polar surface area (TPSA) is 96.9 Å². The van der Waals surface area contributed by atoms with Gasteiger partial charge in [-0.25, -0.2) is 0 Å². The van der Waals surface area contributed by atoms with Crippen molar-refractivity contribution in [2.75, 3.05) is 32.7 Å². The molecule has 1 heterocycles. The largest absolute Gasteiger partial charge is 0.370 e. The molecule has 1 saturated heterocycles. The van der Waals surface area contributed by atoms with Gasteiger partial charge >= 0.3 is 0 Å². The minimum Gasteiger partial charge on any atom is -0.370 e. The van der Waals surface area contributed by atoms with Gasteiger partial charge in [-0.3, -0.25) is 14.8 Å². The number of piperazine rings is 1. The zero-order valence-electron chi connectivity index (χ0n) is 22.1. The molecule has 0 unspecified atom stereocenters. The second-order valence-electron chi connectivity index (χ2n) is 10.5. The first kappa shape index (κ1) is 27.4. The molecular formula is C30H41ClN6. The predicted octanol–water partition coefficient (Wildman–Crippen LogP) is 3.95. The van der Waals surface area contributed by atoms with Crippen LogP contribution in [0.2, 0.25) is 5.02 Å². The van der Waals surface area contributed by atoms with Crippen LogP contribution in [-0.4, -0.2) is 66.6 Å². The molecule has 37 heavy (non-hydrogen) atoms. The Morgan fingerprint density at radius 3 is 2.57 bits per heavy atom. The number of halogens is 1. The molecule has 0 spiro atoms. The minimum atomic E-state index is 0.0433. The third kappa shape index (κ3) is 7.68. The molecule has 0 saturated carbocycles. The fourth-order valence-electron chi connectivity index (χ4n) is 5.53. The Bertz CT molecular complexity index is 1210. The molecule has 3 aromatic rings. The molecule has 3 aromatic carbocycles. The van der Waals surface area contributed by atoms with Crippen LogP contribution in [0.5, 0.6) is 0 Å². The third-order valence-electron chi connectivity index (χ3n) is 7.60. The average Bonchev–Trinajstić information content (AvgIpc) is 2.86. The van der Waals surface area contributed by atoms with Gasteiger partial charge in [0.25, 0.3) is 0 Å². The van der Waals surface area contributed by atoms with E-state index in [0.29, 0.717) is 18.6 Å². The molecule has 7 heteroatoms. The van der Waals surface area contributed by atoms with E-state index in [-0.39, 0.29) is 12.0 Å². The zero-order chi connectivity index (χ0) is 26.4. The summed E-state index contributed by atoms with van der Waals surface area (Å²) in [6.07, 6.45) is 2.77. The maximum atomic E-state index is 6.69. The van der Waals surface area contributed by atoms with Gasteiger partial charge in [0.2, 0.25) is 0 Å². The van der Waals surface area contributed by atoms with Crippen molar-refractivity contribution in [1.82, 2.24) is 9.80 Å². The molecule has 0 bridgehead atoms. The van der Waals surface area contributed by atoms with Crippen LogP contribution in [0.1, 0.15) is 30.0 Å². The number of nitrogens with two attached hydrogens (primary N) is 3. The van der Waals surface area contributed by atoms with Gasteiger partial charge < -0.3 is 17.2 Å². The van der Waals surface area contributed by atoms with Crippen molar-refractivity contribution < 1.29 is 0 Å². The van der Waals surface area contributed by atoms with E-state index in [0.717, 1.165) is 50.5 Å². The smallest absolute Gasteiger partial charge is 0.185 e. The molecule has 6 N–H and O–H groups in total. The standard InChI is InChI=1S/C30H41ClN6/c1-21-15-27(31)10-9-25(21)17-28(32)19-37-18-22(2)36(20-29(37)11-13-35-30(33)34)14-12-23-7-8-24-5-3-4-6-26(24)16-23/h3-10,15-16,22,28-29H,11-14,17-20,32H2,1-2H3,(H4,33,34,35)/t22-,28-,29+/m1/s1. The molecule has 0 aromatic heterocycles. The Morgan fingerprint density at radius 1 is 1.03 bits per heavy atom. The van der Waals surface area contributed by atoms with Gasteiger partial charge in [0, 0.05) is 55.9 Å². The second-order valence-corrected chi connectivity index (χ2v) is 10.9. The summed E-state index contributed by atoms with van der Waals surface area (Å²) in [5.74, 6) is 0.152.